The van der Waals surface area contributed by atoms with Crippen LogP contribution in [0.2, 0.25) is 0 Å². The molecule has 2 aromatic carbocycles. The average Bonchev–Trinajstić information content (AvgIpc) is 3.05. The van der Waals surface area contributed by atoms with Crippen molar-refractivity contribution < 1.29 is 14.3 Å². The van der Waals surface area contributed by atoms with Crippen molar-refractivity contribution in [3.8, 4) is 11.1 Å². The first-order valence-electron chi connectivity index (χ1n) is 11.7. The highest BCUT2D eigenvalue weighted by Crippen LogP contribution is 2.24. The lowest BCUT2D eigenvalue weighted by Crippen LogP contribution is -2.27. The summed E-state index contributed by atoms with van der Waals surface area (Å²) in [7, 11) is 0. The van der Waals surface area contributed by atoms with E-state index in [4.69, 9.17) is 0 Å². The van der Waals surface area contributed by atoms with Gasteiger partial charge in [0.2, 0.25) is 0 Å². The Balaban J connectivity index is 1.85. The summed E-state index contributed by atoms with van der Waals surface area (Å²) >= 11 is 0. The number of nitrogens with zero attached hydrogens (tertiary/aromatic N) is 2. The van der Waals surface area contributed by atoms with E-state index in [-0.39, 0.29) is 17.2 Å². The number of hydrogen-bond donors (Lipinski definition) is 1. The number of aryl methyl sites for hydroxylation is 1. The molecule has 0 saturated heterocycles. The molecule has 1 heterocycles. The molecule has 3 rings (SSSR count). The van der Waals surface area contributed by atoms with E-state index in [0.29, 0.717) is 37.2 Å². The van der Waals surface area contributed by atoms with E-state index < -0.39 is 12.6 Å². The monoisotopic (exact) mass is 452 g/mol. The van der Waals surface area contributed by atoms with Gasteiger partial charge in [-0.2, -0.15) is 0 Å². The number of aromatic carboxylic acids is 1. The van der Waals surface area contributed by atoms with E-state index in [1.54, 1.807) is 27.3 Å². The minimum absolute atomic E-state index is 0.130. The number of unbranched alkanes of at least 4 members (excludes halogenated alkanes) is 1. The van der Waals surface area contributed by atoms with Crippen LogP contribution in [0.1, 0.15) is 60.9 Å². The van der Waals surface area contributed by atoms with Crippen molar-refractivity contribution in [1.29, 1.82) is 0 Å². The van der Waals surface area contributed by atoms with Crippen LogP contribution in [0.25, 0.3) is 11.1 Å². The molecule has 0 fully saturated rings. The highest BCUT2D eigenvalue weighted by Gasteiger charge is 2.20. The van der Waals surface area contributed by atoms with Gasteiger partial charge in [-0.25, -0.2) is 14.0 Å². The van der Waals surface area contributed by atoms with Crippen molar-refractivity contribution in [3.63, 3.8) is 0 Å². The standard InChI is InChI=1S/C27H33FN2O3/c1-4-5-10-24-25(17-28)30(18-19(2)3)27(33)29(24)16-15-20-11-13-21(14-12-20)22-8-6-7-9-23(22)26(31)32/h6-9,11-14,19H,4-5,10,15-18H2,1-3H3,(H,31,32). The molecule has 0 bridgehead atoms. The second-order valence-corrected chi connectivity index (χ2v) is 8.87. The molecule has 0 aliphatic heterocycles. The molecule has 0 spiro atoms. The maximum absolute atomic E-state index is 14.0. The van der Waals surface area contributed by atoms with Gasteiger partial charge >= 0.3 is 11.7 Å². The highest BCUT2D eigenvalue weighted by atomic mass is 19.1. The second kappa shape index (κ2) is 11.1. The molecule has 0 radical (unpaired) electrons. The predicted molar refractivity (Wildman–Crippen MR) is 129 cm³/mol. The Bertz CT molecular complexity index is 1140. The van der Waals surface area contributed by atoms with Gasteiger partial charge in [-0.05, 0) is 47.9 Å². The first-order valence-corrected chi connectivity index (χ1v) is 11.7. The number of benzene rings is 2. The molecule has 0 aliphatic carbocycles. The first kappa shape index (κ1) is 24.5. The van der Waals surface area contributed by atoms with Crippen LogP contribution in [-0.2, 0) is 32.6 Å². The topological polar surface area (TPSA) is 64.2 Å². The normalized spacial score (nSPS) is 11.3. The Hall–Kier alpha value is -3.15. The van der Waals surface area contributed by atoms with E-state index >= 15 is 0 Å². The number of rotatable bonds is 11. The number of imidazole rings is 1. The smallest absolute Gasteiger partial charge is 0.336 e. The summed E-state index contributed by atoms with van der Waals surface area (Å²) in [6.45, 7) is 6.52. The van der Waals surface area contributed by atoms with Gasteiger partial charge in [-0.1, -0.05) is 69.7 Å². The van der Waals surface area contributed by atoms with Gasteiger partial charge in [0.05, 0.1) is 11.3 Å². The fraction of sp³-hybridized carbons (Fsp3) is 0.407. The van der Waals surface area contributed by atoms with Crippen molar-refractivity contribution >= 4 is 5.97 Å². The summed E-state index contributed by atoms with van der Waals surface area (Å²) in [6, 6.07) is 14.7. The third kappa shape index (κ3) is 5.62. The van der Waals surface area contributed by atoms with Gasteiger partial charge in [-0.15, -0.1) is 0 Å². The lowest BCUT2D eigenvalue weighted by Gasteiger charge is -2.10. The molecule has 0 aliphatic rings. The van der Waals surface area contributed by atoms with Crippen molar-refractivity contribution in [2.75, 3.05) is 0 Å². The Morgan fingerprint density at radius 2 is 1.70 bits per heavy atom. The molecule has 3 aromatic rings. The van der Waals surface area contributed by atoms with Gasteiger partial charge in [0.25, 0.3) is 0 Å². The summed E-state index contributed by atoms with van der Waals surface area (Å²) in [5.41, 5.74) is 4.02. The highest BCUT2D eigenvalue weighted by molar-refractivity contribution is 5.95. The third-order valence-corrected chi connectivity index (χ3v) is 5.93. The van der Waals surface area contributed by atoms with E-state index in [2.05, 4.69) is 6.92 Å². The van der Waals surface area contributed by atoms with E-state index in [1.165, 1.54) is 0 Å². The Morgan fingerprint density at radius 3 is 2.30 bits per heavy atom. The first-order chi connectivity index (χ1) is 15.9. The van der Waals surface area contributed by atoms with Crippen molar-refractivity contribution in [3.05, 3.63) is 81.5 Å². The molecule has 0 unspecified atom stereocenters. The van der Waals surface area contributed by atoms with Crippen LogP contribution in [-0.4, -0.2) is 20.2 Å². The second-order valence-electron chi connectivity index (χ2n) is 8.87. The SMILES string of the molecule is CCCCc1c(CF)n(CC(C)C)c(=O)n1CCc1ccc(-c2ccccc2C(=O)O)cc1. The Kier molecular flexibility index (Phi) is 8.26. The molecule has 1 N–H and O–H groups in total. The van der Waals surface area contributed by atoms with Gasteiger partial charge in [0.1, 0.15) is 6.67 Å². The summed E-state index contributed by atoms with van der Waals surface area (Å²) in [6.07, 6.45) is 3.22. The van der Waals surface area contributed by atoms with E-state index in [0.717, 1.165) is 29.7 Å². The Labute approximate surface area is 194 Å². The molecule has 176 valence electrons. The van der Waals surface area contributed by atoms with Gasteiger partial charge in [-0.3, -0.25) is 9.13 Å². The van der Waals surface area contributed by atoms with Gasteiger partial charge in [0, 0.05) is 18.8 Å². The molecule has 0 saturated carbocycles. The maximum Gasteiger partial charge on any atom is 0.336 e. The minimum atomic E-state index is -0.955. The number of carboxylic acid groups (broad SMARTS) is 1. The molecule has 1 aromatic heterocycles. The average molecular weight is 453 g/mol. The van der Waals surface area contributed by atoms with E-state index in [1.807, 2.05) is 44.2 Å². The number of halogens is 1. The number of alkyl halides is 1. The fourth-order valence-electron chi connectivity index (χ4n) is 4.26. The van der Waals surface area contributed by atoms with Gasteiger partial charge in [0.15, 0.2) is 0 Å². The van der Waals surface area contributed by atoms with Crippen LogP contribution in [0.3, 0.4) is 0 Å². The lowest BCUT2D eigenvalue weighted by molar-refractivity contribution is 0.0697. The minimum Gasteiger partial charge on any atom is -0.478 e. The fourth-order valence-corrected chi connectivity index (χ4v) is 4.26. The summed E-state index contributed by atoms with van der Waals surface area (Å²) in [4.78, 5) is 24.7. The third-order valence-electron chi connectivity index (χ3n) is 5.93. The number of carbonyl (C=O) groups is 1. The summed E-state index contributed by atoms with van der Waals surface area (Å²) in [5, 5.41) is 9.44. The molecule has 33 heavy (non-hydrogen) atoms. The zero-order valence-electron chi connectivity index (χ0n) is 19.7. The van der Waals surface area contributed by atoms with Crippen LogP contribution < -0.4 is 5.69 Å². The summed E-state index contributed by atoms with van der Waals surface area (Å²) < 4.78 is 17.3. The number of hydrogen-bond acceptors (Lipinski definition) is 2. The van der Waals surface area contributed by atoms with Crippen molar-refractivity contribution in [2.45, 2.75) is 66.2 Å². The zero-order chi connectivity index (χ0) is 24.0. The summed E-state index contributed by atoms with van der Waals surface area (Å²) in [5.74, 6) is -0.702. The molecular formula is C27H33FN2O3. The molecule has 0 amide bonds. The van der Waals surface area contributed by atoms with Gasteiger partial charge < -0.3 is 5.11 Å². The van der Waals surface area contributed by atoms with Crippen LogP contribution in [0.4, 0.5) is 4.39 Å². The molecule has 5 nitrogen and oxygen atoms in total. The number of carboxylic acids is 1. The molecule has 0 atom stereocenters. The maximum atomic E-state index is 14.0. The largest absolute Gasteiger partial charge is 0.478 e. The number of aromatic nitrogens is 2. The Morgan fingerprint density at radius 1 is 1.00 bits per heavy atom. The van der Waals surface area contributed by atoms with Crippen molar-refractivity contribution in [1.82, 2.24) is 9.13 Å². The zero-order valence-corrected chi connectivity index (χ0v) is 19.7. The van der Waals surface area contributed by atoms with Crippen LogP contribution >= 0.6 is 0 Å². The quantitative estimate of drug-likeness (QED) is 0.404. The lowest BCUT2D eigenvalue weighted by atomic mass is 9.98. The van der Waals surface area contributed by atoms with Crippen LogP contribution in [0, 0.1) is 5.92 Å². The van der Waals surface area contributed by atoms with Crippen molar-refractivity contribution in [2.24, 2.45) is 5.92 Å². The van der Waals surface area contributed by atoms with E-state index in [9.17, 15) is 19.1 Å². The molecular weight excluding hydrogens is 419 g/mol. The molecule has 6 heteroatoms. The predicted octanol–water partition coefficient (Wildman–Crippen LogP) is 5.73. The van der Waals surface area contributed by atoms with Crippen LogP contribution in [0.15, 0.2) is 53.3 Å². The van der Waals surface area contributed by atoms with Crippen LogP contribution in [0.5, 0.6) is 0 Å².